The van der Waals surface area contributed by atoms with Gasteiger partial charge in [0, 0.05) is 34.3 Å². The second kappa shape index (κ2) is 8.48. The lowest BCUT2D eigenvalue weighted by Crippen LogP contribution is -2.01. The molecule has 7 nitrogen and oxygen atoms in total. The minimum absolute atomic E-state index is 0.0306. The number of aromatic nitrogens is 4. The number of fused-ring (bicyclic) bond motifs is 1. The van der Waals surface area contributed by atoms with Crippen molar-refractivity contribution < 1.29 is 4.92 Å². The van der Waals surface area contributed by atoms with E-state index in [1.54, 1.807) is 18.3 Å². The van der Waals surface area contributed by atoms with E-state index in [0.29, 0.717) is 10.5 Å². The highest BCUT2D eigenvalue weighted by Crippen LogP contribution is 2.38. The van der Waals surface area contributed by atoms with Gasteiger partial charge in [-0.25, -0.2) is 0 Å². The predicted molar refractivity (Wildman–Crippen MR) is 129 cm³/mol. The molecule has 0 radical (unpaired) electrons. The Labute approximate surface area is 194 Å². The van der Waals surface area contributed by atoms with Crippen LogP contribution in [0.5, 0.6) is 0 Å². The summed E-state index contributed by atoms with van der Waals surface area (Å²) in [7, 11) is 0. The fourth-order valence-corrected chi connectivity index (χ4v) is 4.69. The Hall–Kier alpha value is -4.04. The highest BCUT2D eigenvalue weighted by Gasteiger charge is 2.20. The first-order chi connectivity index (χ1) is 16.0. The van der Waals surface area contributed by atoms with Crippen LogP contribution in [-0.4, -0.2) is 24.7 Å². The minimum Gasteiger partial charge on any atom is -0.270 e. The average molecular weight is 454 g/mol. The van der Waals surface area contributed by atoms with Gasteiger partial charge in [-0.05, 0) is 61.0 Å². The fraction of sp³-hybridized carbons (Fsp3) is 0.0800. The minimum atomic E-state index is -0.385. The molecule has 0 aliphatic carbocycles. The number of pyridine rings is 1. The van der Waals surface area contributed by atoms with Gasteiger partial charge in [-0.15, -0.1) is 10.2 Å². The fourth-order valence-electron chi connectivity index (χ4n) is 3.70. The summed E-state index contributed by atoms with van der Waals surface area (Å²) in [4.78, 5) is 16.0. The van der Waals surface area contributed by atoms with Crippen molar-refractivity contribution in [2.24, 2.45) is 0 Å². The van der Waals surface area contributed by atoms with E-state index in [-0.39, 0.29) is 10.6 Å². The monoisotopic (exact) mass is 453 g/mol. The standard InChI is InChI=1S/C25H19N5O2S/c1-16-8-9-19(14-17(16)2)29-24(18-6-4-3-5-7-18)27-28-25(29)33-23-11-10-22(30(31)32)21-15-26-13-12-20(21)23/h3-15H,1-2H3. The van der Waals surface area contributed by atoms with E-state index in [0.717, 1.165) is 27.4 Å². The Morgan fingerprint density at radius 1 is 0.909 bits per heavy atom. The van der Waals surface area contributed by atoms with Gasteiger partial charge in [0.1, 0.15) is 0 Å². The average Bonchev–Trinajstić information content (AvgIpc) is 3.25. The molecule has 2 aromatic heterocycles. The van der Waals surface area contributed by atoms with Crippen LogP contribution in [0.2, 0.25) is 0 Å². The van der Waals surface area contributed by atoms with Crippen molar-refractivity contribution in [2.75, 3.05) is 0 Å². The summed E-state index contributed by atoms with van der Waals surface area (Å²) in [6.45, 7) is 4.16. The van der Waals surface area contributed by atoms with Gasteiger partial charge in [-0.1, -0.05) is 36.4 Å². The van der Waals surface area contributed by atoms with Crippen molar-refractivity contribution in [3.63, 3.8) is 0 Å². The van der Waals surface area contributed by atoms with Crippen LogP contribution in [0.25, 0.3) is 27.8 Å². The molecule has 0 atom stereocenters. The van der Waals surface area contributed by atoms with Crippen LogP contribution in [0.1, 0.15) is 11.1 Å². The molecule has 33 heavy (non-hydrogen) atoms. The molecule has 0 bridgehead atoms. The van der Waals surface area contributed by atoms with Crippen molar-refractivity contribution in [3.8, 4) is 17.1 Å². The summed E-state index contributed by atoms with van der Waals surface area (Å²) in [6.07, 6.45) is 3.17. The number of rotatable bonds is 5. The zero-order valence-corrected chi connectivity index (χ0v) is 18.8. The molecule has 2 heterocycles. The number of hydrogen-bond acceptors (Lipinski definition) is 6. The van der Waals surface area contributed by atoms with Gasteiger partial charge in [-0.3, -0.25) is 19.7 Å². The van der Waals surface area contributed by atoms with Crippen LogP contribution in [0, 0.1) is 24.0 Å². The number of aryl methyl sites for hydroxylation is 2. The third-order valence-electron chi connectivity index (χ3n) is 5.57. The Balaban J connectivity index is 1.69. The SMILES string of the molecule is Cc1ccc(-n2c(Sc3ccc([N+](=O)[O-])c4cnccc34)nnc2-c2ccccc2)cc1C. The van der Waals surface area contributed by atoms with E-state index in [2.05, 4.69) is 47.2 Å². The van der Waals surface area contributed by atoms with Gasteiger partial charge in [0.2, 0.25) is 5.16 Å². The maximum absolute atomic E-state index is 11.5. The van der Waals surface area contributed by atoms with E-state index in [1.807, 2.05) is 34.9 Å². The number of nitro benzene ring substituents is 1. The van der Waals surface area contributed by atoms with E-state index >= 15 is 0 Å². The van der Waals surface area contributed by atoms with Gasteiger partial charge in [0.15, 0.2) is 5.82 Å². The molecular formula is C25H19N5O2S. The first-order valence-corrected chi connectivity index (χ1v) is 11.1. The highest BCUT2D eigenvalue weighted by molar-refractivity contribution is 7.99. The van der Waals surface area contributed by atoms with Gasteiger partial charge < -0.3 is 0 Å². The highest BCUT2D eigenvalue weighted by atomic mass is 32.2. The smallest absolute Gasteiger partial charge is 0.270 e. The zero-order chi connectivity index (χ0) is 22.9. The van der Waals surface area contributed by atoms with Crippen LogP contribution < -0.4 is 0 Å². The van der Waals surface area contributed by atoms with Crippen molar-refractivity contribution in [3.05, 3.63) is 100 Å². The molecule has 0 saturated carbocycles. The van der Waals surface area contributed by atoms with E-state index < -0.39 is 0 Å². The molecule has 0 saturated heterocycles. The Morgan fingerprint density at radius 2 is 1.73 bits per heavy atom. The first-order valence-electron chi connectivity index (χ1n) is 10.3. The van der Waals surface area contributed by atoms with Crippen molar-refractivity contribution in [1.82, 2.24) is 19.7 Å². The Bertz CT molecular complexity index is 1500. The lowest BCUT2D eigenvalue weighted by molar-refractivity contribution is -0.383. The van der Waals surface area contributed by atoms with Crippen LogP contribution >= 0.6 is 11.8 Å². The molecule has 0 fully saturated rings. The molecule has 0 unspecified atom stereocenters. The third kappa shape index (κ3) is 3.85. The number of hydrogen-bond donors (Lipinski definition) is 0. The van der Waals surface area contributed by atoms with Crippen LogP contribution in [0.3, 0.4) is 0 Å². The van der Waals surface area contributed by atoms with Crippen LogP contribution in [-0.2, 0) is 0 Å². The van der Waals surface area contributed by atoms with Crippen LogP contribution in [0.4, 0.5) is 5.69 Å². The largest absolute Gasteiger partial charge is 0.278 e. The van der Waals surface area contributed by atoms with Gasteiger partial charge in [-0.2, -0.15) is 0 Å². The molecule has 5 aromatic rings. The van der Waals surface area contributed by atoms with Crippen molar-refractivity contribution in [2.45, 2.75) is 23.9 Å². The second-order valence-electron chi connectivity index (χ2n) is 7.64. The number of non-ortho nitro benzene ring substituents is 1. The molecule has 3 aromatic carbocycles. The third-order valence-corrected chi connectivity index (χ3v) is 6.59. The maximum Gasteiger partial charge on any atom is 0.278 e. The van der Waals surface area contributed by atoms with E-state index in [9.17, 15) is 10.1 Å². The maximum atomic E-state index is 11.5. The molecule has 0 aliphatic heterocycles. The molecule has 0 N–H and O–H groups in total. The zero-order valence-electron chi connectivity index (χ0n) is 18.0. The van der Waals surface area contributed by atoms with Gasteiger partial charge in [0.05, 0.1) is 16.0 Å². The Kier molecular flexibility index (Phi) is 5.35. The molecule has 162 valence electrons. The van der Waals surface area contributed by atoms with Crippen molar-refractivity contribution in [1.29, 1.82) is 0 Å². The molecule has 5 rings (SSSR count). The summed E-state index contributed by atoms with van der Waals surface area (Å²) in [5, 5.41) is 22.4. The second-order valence-corrected chi connectivity index (χ2v) is 8.65. The predicted octanol–water partition coefficient (Wildman–Crippen LogP) is 6.16. The lowest BCUT2D eigenvalue weighted by atomic mass is 10.1. The number of benzene rings is 3. The topological polar surface area (TPSA) is 86.7 Å². The van der Waals surface area contributed by atoms with Gasteiger partial charge >= 0.3 is 0 Å². The van der Waals surface area contributed by atoms with Crippen molar-refractivity contribution >= 4 is 28.2 Å². The van der Waals surface area contributed by atoms with E-state index in [1.165, 1.54) is 35.2 Å². The molecule has 0 amide bonds. The summed E-state index contributed by atoms with van der Waals surface area (Å²) >= 11 is 1.42. The summed E-state index contributed by atoms with van der Waals surface area (Å²) in [6, 6.07) is 21.2. The molecular weight excluding hydrogens is 434 g/mol. The first kappa shape index (κ1) is 20.8. The normalized spacial score (nSPS) is 11.1. The molecule has 0 aliphatic rings. The quantitative estimate of drug-likeness (QED) is 0.234. The summed E-state index contributed by atoms with van der Waals surface area (Å²) in [5.74, 6) is 0.731. The lowest BCUT2D eigenvalue weighted by Gasteiger charge is -2.13. The van der Waals surface area contributed by atoms with Crippen LogP contribution in [0.15, 0.2) is 89.2 Å². The molecule has 8 heteroatoms. The van der Waals surface area contributed by atoms with E-state index in [4.69, 9.17) is 0 Å². The van der Waals surface area contributed by atoms with Gasteiger partial charge in [0.25, 0.3) is 5.69 Å². The number of nitrogens with zero attached hydrogens (tertiary/aromatic N) is 5. The Morgan fingerprint density at radius 3 is 2.48 bits per heavy atom. The summed E-state index contributed by atoms with van der Waals surface area (Å²) < 4.78 is 2.03. The molecule has 0 spiro atoms. The number of nitro groups is 1. The summed E-state index contributed by atoms with van der Waals surface area (Å²) in [5.41, 5.74) is 4.31.